The molecule has 7 heteroatoms. The lowest BCUT2D eigenvalue weighted by Crippen LogP contribution is -2.16. The Labute approximate surface area is 121 Å². The molecule has 0 bridgehead atoms. The van der Waals surface area contributed by atoms with Crippen molar-refractivity contribution in [1.29, 1.82) is 0 Å². The topological polar surface area (TPSA) is 66.4 Å². The smallest absolute Gasteiger partial charge is 0.237 e. The number of halogens is 2. The number of sulfonamides is 1. The molecule has 0 radical (unpaired) electrons. The van der Waals surface area contributed by atoms with Crippen molar-refractivity contribution >= 4 is 15.7 Å². The normalized spacial score (nSPS) is 11.4. The Morgan fingerprint density at radius 2 is 1.62 bits per heavy atom. The highest BCUT2D eigenvalue weighted by atomic mass is 32.2. The standard InChI is InChI=1S/C14H13F2NO3S/c15-12-5-6-14(13(16)7-12)17-21(19,20)9-11-3-1-10(8-18)2-4-11/h1-7,17-18H,8-9H2. The molecule has 0 saturated heterocycles. The molecule has 4 nitrogen and oxygen atoms in total. The second kappa shape index (κ2) is 6.19. The van der Waals surface area contributed by atoms with Crippen LogP contribution >= 0.6 is 0 Å². The van der Waals surface area contributed by atoms with Crippen molar-refractivity contribution in [3.05, 3.63) is 65.2 Å². The van der Waals surface area contributed by atoms with Gasteiger partial charge in [-0.15, -0.1) is 0 Å². The summed E-state index contributed by atoms with van der Waals surface area (Å²) in [7, 11) is -3.82. The highest BCUT2D eigenvalue weighted by molar-refractivity contribution is 7.91. The lowest BCUT2D eigenvalue weighted by molar-refractivity contribution is 0.282. The van der Waals surface area contributed by atoms with Gasteiger partial charge in [0.2, 0.25) is 10.0 Å². The van der Waals surface area contributed by atoms with Crippen LogP contribution in [0, 0.1) is 11.6 Å². The van der Waals surface area contributed by atoms with Gasteiger partial charge in [-0.2, -0.15) is 0 Å². The Balaban J connectivity index is 2.14. The van der Waals surface area contributed by atoms with Crippen molar-refractivity contribution in [2.24, 2.45) is 0 Å². The molecule has 0 saturated carbocycles. The first kappa shape index (κ1) is 15.4. The minimum atomic E-state index is -3.82. The number of hydrogen-bond donors (Lipinski definition) is 2. The van der Waals surface area contributed by atoms with Crippen molar-refractivity contribution < 1.29 is 22.3 Å². The number of rotatable bonds is 5. The molecule has 0 aliphatic rings. The van der Waals surface area contributed by atoms with Gasteiger partial charge in [-0.3, -0.25) is 4.72 Å². The van der Waals surface area contributed by atoms with Crippen molar-refractivity contribution in [2.75, 3.05) is 4.72 Å². The van der Waals surface area contributed by atoms with Crippen molar-refractivity contribution in [2.45, 2.75) is 12.4 Å². The third-order valence-corrected chi connectivity index (χ3v) is 4.00. The predicted octanol–water partition coefficient (Wildman–Crippen LogP) is 2.40. The summed E-state index contributed by atoms with van der Waals surface area (Å²) in [6.07, 6.45) is 0. The summed E-state index contributed by atoms with van der Waals surface area (Å²) in [5.41, 5.74) is 0.847. The SMILES string of the molecule is O=S(=O)(Cc1ccc(CO)cc1)Nc1ccc(F)cc1F. The summed E-state index contributed by atoms with van der Waals surface area (Å²) in [6, 6.07) is 8.92. The van der Waals surface area contributed by atoms with Crippen LogP contribution in [0.25, 0.3) is 0 Å². The van der Waals surface area contributed by atoms with Crippen molar-refractivity contribution in [1.82, 2.24) is 0 Å². The average Bonchev–Trinajstić information content (AvgIpc) is 2.42. The van der Waals surface area contributed by atoms with E-state index in [1.165, 1.54) is 0 Å². The summed E-state index contributed by atoms with van der Waals surface area (Å²) in [5, 5.41) is 8.91. The van der Waals surface area contributed by atoms with E-state index in [-0.39, 0.29) is 18.0 Å². The molecule has 2 aromatic carbocycles. The quantitative estimate of drug-likeness (QED) is 0.891. The van der Waals surface area contributed by atoms with Crippen LogP contribution in [0.4, 0.5) is 14.5 Å². The van der Waals surface area contributed by atoms with E-state index in [2.05, 4.69) is 4.72 Å². The van der Waals surface area contributed by atoms with Crippen LogP contribution in [0.1, 0.15) is 11.1 Å². The van der Waals surface area contributed by atoms with Gasteiger partial charge >= 0.3 is 0 Å². The van der Waals surface area contributed by atoms with E-state index in [1.807, 2.05) is 0 Å². The van der Waals surface area contributed by atoms with Gasteiger partial charge in [0.1, 0.15) is 11.6 Å². The molecule has 0 aliphatic carbocycles. The molecule has 112 valence electrons. The number of benzene rings is 2. The Kier molecular flexibility index (Phi) is 4.54. The zero-order valence-corrected chi connectivity index (χ0v) is 11.7. The maximum Gasteiger partial charge on any atom is 0.237 e. The molecule has 0 spiro atoms. The second-order valence-corrected chi connectivity index (χ2v) is 6.18. The summed E-state index contributed by atoms with van der Waals surface area (Å²) in [6.45, 7) is -0.133. The van der Waals surface area contributed by atoms with Gasteiger partial charge in [-0.1, -0.05) is 24.3 Å². The van der Waals surface area contributed by atoms with Crippen LogP contribution in [0.15, 0.2) is 42.5 Å². The molecule has 0 atom stereocenters. The minimum absolute atomic E-state index is 0.133. The number of aliphatic hydroxyl groups is 1. The maximum atomic E-state index is 13.4. The number of nitrogens with one attached hydrogen (secondary N) is 1. The molecule has 2 rings (SSSR count). The van der Waals surface area contributed by atoms with Crippen LogP contribution in [0.5, 0.6) is 0 Å². The van der Waals surface area contributed by atoms with Gasteiger partial charge in [-0.25, -0.2) is 17.2 Å². The number of anilines is 1. The zero-order chi connectivity index (χ0) is 15.5. The highest BCUT2D eigenvalue weighted by Gasteiger charge is 2.14. The van der Waals surface area contributed by atoms with Gasteiger partial charge in [0.25, 0.3) is 0 Å². The van der Waals surface area contributed by atoms with Crippen LogP contribution in [0.2, 0.25) is 0 Å². The Morgan fingerprint density at radius 1 is 1.00 bits per heavy atom. The van der Waals surface area contributed by atoms with E-state index in [1.54, 1.807) is 24.3 Å². The fourth-order valence-electron chi connectivity index (χ4n) is 1.74. The summed E-state index contributed by atoms with van der Waals surface area (Å²) >= 11 is 0. The van der Waals surface area contributed by atoms with Crippen LogP contribution < -0.4 is 4.72 Å². The van der Waals surface area contributed by atoms with E-state index in [0.29, 0.717) is 17.2 Å². The van der Waals surface area contributed by atoms with Gasteiger partial charge < -0.3 is 5.11 Å². The first-order valence-corrected chi connectivity index (χ1v) is 7.69. The van der Waals surface area contributed by atoms with Crippen LogP contribution in [-0.4, -0.2) is 13.5 Å². The summed E-state index contributed by atoms with van der Waals surface area (Å²) in [4.78, 5) is 0. The molecular formula is C14H13F2NO3S. The maximum absolute atomic E-state index is 13.4. The van der Waals surface area contributed by atoms with E-state index >= 15 is 0 Å². The molecule has 0 heterocycles. The molecule has 21 heavy (non-hydrogen) atoms. The fraction of sp³-hybridized carbons (Fsp3) is 0.143. The van der Waals surface area contributed by atoms with Crippen molar-refractivity contribution in [3.8, 4) is 0 Å². The predicted molar refractivity (Wildman–Crippen MR) is 75.0 cm³/mol. The van der Waals surface area contributed by atoms with E-state index in [4.69, 9.17) is 5.11 Å². The zero-order valence-electron chi connectivity index (χ0n) is 10.9. The largest absolute Gasteiger partial charge is 0.392 e. The molecule has 2 N–H and O–H groups in total. The van der Waals surface area contributed by atoms with Gasteiger partial charge in [0.15, 0.2) is 0 Å². The minimum Gasteiger partial charge on any atom is -0.392 e. The third kappa shape index (κ3) is 4.24. The van der Waals surface area contributed by atoms with E-state index in [0.717, 1.165) is 12.1 Å². The molecule has 0 unspecified atom stereocenters. The molecule has 0 aliphatic heterocycles. The lowest BCUT2D eigenvalue weighted by atomic mass is 10.2. The van der Waals surface area contributed by atoms with E-state index < -0.39 is 21.7 Å². The molecule has 0 fully saturated rings. The monoisotopic (exact) mass is 313 g/mol. The molecule has 0 aromatic heterocycles. The van der Waals surface area contributed by atoms with Crippen molar-refractivity contribution in [3.63, 3.8) is 0 Å². The molecule has 0 amide bonds. The van der Waals surface area contributed by atoms with E-state index in [9.17, 15) is 17.2 Å². The number of aliphatic hydroxyl groups excluding tert-OH is 1. The first-order chi connectivity index (χ1) is 9.89. The lowest BCUT2D eigenvalue weighted by Gasteiger charge is -2.09. The Bertz CT molecular complexity index is 730. The number of hydrogen-bond acceptors (Lipinski definition) is 3. The highest BCUT2D eigenvalue weighted by Crippen LogP contribution is 2.18. The summed E-state index contributed by atoms with van der Waals surface area (Å²) < 4.78 is 52.1. The van der Waals surface area contributed by atoms with Crippen LogP contribution in [0.3, 0.4) is 0 Å². The van der Waals surface area contributed by atoms with Gasteiger partial charge in [-0.05, 0) is 23.3 Å². The third-order valence-electron chi connectivity index (χ3n) is 2.76. The Hall–Kier alpha value is -1.99. The first-order valence-electron chi connectivity index (χ1n) is 6.04. The molecular weight excluding hydrogens is 300 g/mol. The molecule has 2 aromatic rings. The van der Waals surface area contributed by atoms with Gasteiger partial charge in [0, 0.05) is 6.07 Å². The Morgan fingerprint density at radius 3 is 2.19 bits per heavy atom. The van der Waals surface area contributed by atoms with Crippen LogP contribution in [-0.2, 0) is 22.4 Å². The second-order valence-electron chi connectivity index (χ2n) is 4.46. The summed E-state index contributed by atoms with van der Waals surface area (Å²) in [5.74, 6) is -2.11. The average molecular weight is 313 g/mol. The fourth-order valence-corrected chi connectivity index (χ4v) is 2.94. The van der Waals surface area contributed by atoms with Gasteiger partial charge in [0.05, 0.1) is 18.0 Å².